The first-order chi connectivity index (χ1) is 15.9. The fourth-order valence-corrected chi connectivity index (χ4v) is 3.48. The Morgan fingerprint density at radius 2 is 1.79 bits per heavy atom. The number of halogens is 2. The number of carbonyl (C=O) groups is 1. The summed E-state index contributed by atoms with van der Waals surface area (Å²) < 4.78 is 41.2. The molecule has 0 aliphatic carbocycles. The van der Waals surface area contributed by atoms with E-state index in [1.54, 1.807) is 18.2 Å². The van der Waals surface area contributed by atoms with Gasteiger partial charge in [-0.3, -0.25) is 4.79 Å². The first kappa shape index (κ1) is 24.1. The maximum Gasteiger partial charge on any atom is 0.387 e. The molecule has 3 aromatic rings. The lowest BCUT2D eigenvalue weighted by Gasteiger charge is -2.13. The summed E-state index contributed by atoms with van der Waals surface area (Å²) in [7, 11) is 0. The van der Waals surface area contributed by atoms with Crippen molar-refractivity contribution < 1.29 is 27.8 Å². The van der Waals surface area contributed by atoms with Crippen LogP contribution in [0.2, 0.25) is 0 Å². The van der Waals surface area contributed by atoms with Gasteiger partial charge in [0.15, 0.2) is 5.82 Å². The second-order valence-electron chi connectivity index (χ2n) is 6.44. The highest BCUT2D eigenvalue weighted by atomic mass is 32.2. The molecule has 0 saturated heterocycles. The van der Waals surface area contributed by atoms with E-state index in [0.29, 0.717) is 46.9 Å². The molecule has 0 aliphatic rings. The summed E-state index contributed by atoms with van der Waals surface area (Å²) in [5.74, 6) is 7.25. The van der Waals surface area contributed by atoms with Crippen LogP contribution in [0.5, 0.6) is 17.2 Å². The van der Waals surface area contributed by atoms with Crippen LogP contribution in [-0.4, -0.2) is 46.4 Å². The van der Waals surface area contributed by atoms with E-state index in [1.165, 1.54) is 28.9 Å². The maximum absolute atomic E-state index is 12.5. The van der Waals surface area contributed by atoms with Gasteiger partial charge >= 0.3 is 6.61 Å². The molecular weight excluding hydrogens is 456 g/mol. The minimum absolute atomic E-state index is 0.0148. The van der Waals surface area contributed by atoms with Crippen molar-refractivity contribution in [3.05, 3.63) is 42.5 Å². The van der Waals surface area contributed by atoms with Crippen LogP contribution in [0.1, 0.15) is 13.8 Å². The third-order valence-electron chi connectivity index (χ3n) is 4.17. The topological polar surface area (TPSA) is 114 Å². The molecule has 0 saturated carbocycles. The molecule has 3 N–H and O–H groups in total. The first-order valence-corrected chi connectivity index (χ1v) is 11.0. The van der Waals surface area contributed by atoms with Gasteiger partial charge in [0.25, 0.3) is 0 Å². The number of nitrogens with one attached hydrogen (secondary N) is 1. The van der Waals surface area contributed by atoms with Crippen LogP contribution in [0.3, 0.4) is 0 Å². The van der Waals surface area contributed by atoms with Gasteiger partial charge in [0.05, 0.1) is 24.7 Å². The summed E-state index contributed by atoms with van der Waals surface area (Å²) in [6.07, 6.45) is 0. The molecule has 0 aliphatic heterocycles. The molecule has 9 nitrogen and oxygen atoms in total. The Labute approximate surface area is 193 Å². The molecule has 0 fully saturated rings. The van der Waals surface area contributed by atoms with E-state index in [0.717, 1.165) is 11.8 Å². The fourth-order valence-electron chi connectivity index (χ4n) is 2.82. The second kappa shape index (κ2) is 11.4. The van der Waals surface area contributed by atoms with Crippen molar-refractivity contribution in [2.75, 3.05) is 30.1 Å². The lowest BCUT2D eigenvalue weighted by atomic mass is 10.2. The van der Waals surface area contributed by atoms with Crippen molar-refractivity contribution >= 4 is 23.4 Å². The number of anilines is 1. The molecule has 0 atom stereocenters. The SMILES string of the molecule is CCOc1ccc(OCC)c(NC(=O)CSc2nnc(-c3ccc(OC(F)F)cc3)n2N)c1. The Bertz CT molecular complexity index is 1080. The average Bonchev–Trinajstić information content (AvgIpc) is 3.15. The number of nitrogens with two attached hydrogens (primary N) is 1. The third kappa shape index (κ3) is 6.48. The van der Waals surface area contributed by atoms with Crippen molar-refractivity contribution in [3.8, 4) is 28.6 Å². The summed E-state index contributed by atoms with van der Waals surface area (Å²) in [6, 6.07) is 11.0. The van der Waals surface area contributed by atoms with E-state index in [-0.39, 0.29) is 17.4 Å². The minimum atomic E-state index is -2.91. The van der Waals surface area contributed by atoms with Gasteiger partial charge in [0.2, 0.25) is 11.1 Å². The molecule has 0 radical (unpaired) electrons. The lowest BCUT2D eigenvalue weighted by Crippen LogP contribution is -2.17. The number of ether oxygens (including phenoxy) is 3. The molecule has 0 spiro atoms. The zero-order valence-corrected chi connectivity index (χ0v) is 18.8. The van der Waals surface area contributed by atoms with Crippen molar-refractivity contribution in [2.45, 2.75) is 25.6 Å². The highest BCUT2D eigenvalue weighted by Crippen LogP contribution is 2.30. The Morgan fingerprint density at radius 1 is 1.09 bits per heavy atom. The van der Waals surface area contributed by atoms with Crippen LogP contribution in [0.4, 0.5) is 14.5 Å². The highest BCUT2D eigenvalue weighted by Gasteiger charge is 2.16. The number of alkyl halides is 2. The maximum atomic E-state index is 12.5. The van der Waals surface area contributed by atoms with Crippen LogP contribution < -0.4 is 25.4 Å². The standard InChI is InChI=1S/C21H23F2N5O4S/c1-3-30-15-9-10-17(31-4-2)16(11-15)25-18(29)12-33-21-27-26-19(28(21)24)13-5-7-14(8-6-13)32-20(22)23/h5-11,20H,3-4,12,24H2,1-2H3,(H,25,29). The van der Waals surface area contributed by atoms with Gasteiger partial charge in [-0.05, 0) is 50.2 Å². The molecule has 0 bridgehead atoms. The number of nitrogen functional groups attached to an aromatic ring is 1. The number of rotatable bonds is 11. The van der Waals surface area contributed by atoms with Crippen molar-refractivity contribution in [1.29, 1.82) is 0 Å². The molecule has 1 aromatic heterocycles. The lowest BCUT2D eigenvalue weighted by molar-refractivity contribution is -0.113. The van der Waals surface area contributed by atoms with Gasteiger partial charge in [-0.15, -0.1) is 10.2 Å². The number of benzene rings is 2. The van der Waals surface area contributed by atoms with Gasteiger partial charge < -0.3 is 25.4 Å². The van der Waals surface area contributed by atoms with Gasteiger partial charge in [0.1, 0.15) is 17.2 Å². The van der Waals surface area contributed by atoms with E-state index in [2.05, 4.69) is 20.3 Å². The molecule has 33 heavy (non-hydrogen) atoms. The number of nitrogens with zero attached hydrogens (tertiary/aromatic N) is 3. The van der Waals surface area contributed by atoms with Crippen LogP contribution in [0.25, 0.3) is 11.4 Å². The third-order valence-corrected chi connectivity index (χ3v) is 5.11. The zero-order chi connectivity index (χ0) is 23.8. The van der Waals surface area contributed by atoms with Crippen molar-refractivity contribution in [3.63, 3.8) is 0 Å². The Balaban J connectivity index is 1.64. The van der Waals surface area contributed by atoms with Gasteiger partial charge in [-0.25, -0.2) is 4.68 Å². The zero-order valence-electron chi connectivity index (χ0n) is 18.0. The Kier molecular flexibility index (Phi) is 8.30. The van der Waals surface area contributed by atoms with Crippen molar-refractivity contribution in [2.24, 2.45) is 0 Å². The van der Waals surface area contributed by atoms with Crippen molar-refractivity contribution in [1.82, 2.24) is 14.9 Å². The first-order valence-electron chi connectivity index (χ1n) is 9.99. The van der Waals surface area contributed by atoms with E-state index in [4.69, 9.17) is 15.3 Å². The minimum Gasteiger partial charge on any atom is -0.494 e. The number of carbonyl (C=O) groups excluding carboxylic acids is 1. The second-order valence-corrected chi connectivity index (χ2v) is 7.38. The number of hydrogen-bond donors (Lipinski definition) is 2. The van der Waals surface area contributed by atoms with Crippen LogP contribution in [0, 0.1) is 0 Å². The number of hydrogen-bond acceptors (Lipinski definition) is 8. The summed E-state index contributed by atoms with van der Waals surface area (Å²) in [5, 5.41) is 11.1. The Hall–Kier alpha value is -3.54. The molecule has 1 amide bonds. The van der Waals surface area contributed by atoms with Crippen LogP contribution >= 0.6 is 11.8 Å². The summed E-state index contributed by atoms with van der Waals surface area (Å²) in [5.41, 5.74) is 1.05. The number of amides is 1. The monoisotopic (exact) mass is 479 g/mol. The van der Waals surface area contributed by atoms with E-state index in [9.17, 15) is 13.6 Å². The van der Waals surface area contributed by atoms with Crippen LogP contribution in [0.15, 0.2) is 47.6 Å². The number of thioether (sulfide) groups is 1. The molecule has 176 valence electrons. The molecular formula is C21H23F2N5O4S. The van der Waals surface area contributed by atoms with Gasteiger partial charge in [-0.2, -0.15) is 8.78 Å². The quantitative estimate of drug-likeness (QED) is 0.316. The van der Waals surface area contributed by atoms with E-state index >= 15 is 0 Å². The van der Waals surface area contributed by atoms with E-state index < -0.39 is 6.61 Å². The summed E-state index contributed by atoms with van der Waals surface area (Å²) in [6.45, 7) is 1.75. The largest absolute Gasteiger partial charge is 0.494 e. The molecule has 12 heteroatoms. The number of aromatic nitrogens is 3. The predicted molar refractivity (Wildman–Crippen MR) is 120 cm³/mol. The molecule has 0 unspecified atom stereocenters. The van der Waals surface area contributed by atoms with Gasteiger partial charge in [0, 0.05) is 11.6 Å². The van der Waals surface area contributed by atoms with E-state index in [1.807, 2.05) is 13.8 Å². The molecule has 1 heterocycles. The normalized spacial score (nSPS) is 10.8. The van der Waals surface area contributed by atoms with Crippen LogP contribution in [-0.2, 0) is 4.79 Å². The highest BCUT2D eigenvalue weighted by molar-refractivity contribution is 7.99. The fraction of sp³-hybridized carbons (Fsp3) is 0.286. The predicted octanol–water partition coefficient (Wildman–Crippen LogP) is 3.79. The molecule has 2 aromatic carbocycles. The smallest absolute Gasteiger partial charge is 0.387 e. The summed E-state index contributed by atoms with van der Waals surface area (Å²) >= 11 is 1.09. The molecule has 3 rings (SSSR count). The van der Waals surface area contributed by atoms with Gasteiger partial charge in [-0.1, -0.05) is 11.8 Å². The Morgan fingerprint density at radius 3 is 2.45 bits per heavy atom. The average molecular weight is 480 g/mol. The summed E-state index contributed by atoms with van der Waals surface area (Å²) in [4.78, 5) is 12.5.